The molecule has 23 heavy (non-hydrogen) atoms. The number of hydrogen-bond acceptors (Lipinski definition) is 7. The second kappa shape index (κ2) is 6.59. The lowest BCUT2D eigenvalue weighted by atomic mass is 10.2. The molecule has 0 unspecified atom stereocenters. The molecule has 1 fully saturated rings. The summed E-state index contributed by atoms with van der Waals surface area (Å²) in [6, 6.07) is 1.54. The largest absolute Gasteiger partial charge is 0.372 e. The number of anilines is 3. The SMILES string of the molecule is C[C@@H]1CN(c2ncc(F)c(Nc3cc(Cl)cnn3)n2)C[C@@H](C)O1. The molecule has 122 valence electrons. The monoisotopic (exact) mass is 338 g/mol. The Hall–Kier alpha value is -2.06. The van der Waals surface area contributed by atoms with Gasteiger partial charge >= 0.3 is 0 Å². The zero-order valence-corrected chi connectivity index (χ0v) is 13.5. The minimum atomic E-state index is -0.579. The predicted molar refractivity (Wildman–Crippen MR) is 84.5 cm³/mol. The molecule has 3 rings (SSSR count). The first kappa shape index (κ1) is 15.8. The third-order valence-electron chi connectivity index (χ3n) is 3.30. The molecule has 7 nitrogen and oxygen atoms in total. The minimum Gasteiger partial charge on any atom is -0.372 e. The van der Waals surface area contributed by atoms with Gasteiger partial charge in [0.25, 0.3) is 0 Å². The number of nitrogens with one attached hydrogen (secondary N) is 1. The fraction of sp³-hybridized carbons (Fsp3) is 0.429. The second-order valence-corrected chi connectivity index (χ2v) is 5.85. The molecule has 0 saturated carbocycles. The van der Waals surface area contributed by atoms with E-state index in [2.05, 4.69) is 25.5 Å². The Kier molecular flexibility index (Phi) is 4.53. The summed E-state index contributed by atoms with van der Waals surface area (Å²) in [4.78, 5) is 10.3. The van der Waals surface area contributed by atoms with Gasteiger partial charge in [-0.15, -0.1) is 5.10 Å². The Morgan fingerprint density at radius 3 is 2.74 bits per heavy atom. The van der Waals surface area contributed by atoms with Crippen LogP contribution in [0.3, 0.4) is 0 Å². The number of halogens is 2. The standard InChI is InChI=1S/C14H16ClFN6O/c1-8-6-22(7-9(2)23-8)14-17-5-11(16)13(20-14)19-12-3-10(15)4-18-21-12/h3-5,8-9H,6-7H2,1-2H3,(H,17,19,20,21)/t8-,9-/m1/s1. The van der Waals surface area contributed by atoms with Gasteiger partial charge in [-0.2, -0.15) is 10.1 Å². The summed E-state index contributed by atoms with van der Waals surface area (Å²) >= 11 is 5.84. The van der Waals surface area contributed by atoms with Crippen LogP contribution in [-0.2, 0) is 4.74 Å². The molecule has 2 atom stereocenters. The van der Waals surface area contributed by atoms with Crippen molar-refractivity contribution in [2.45, 2.75) is 26.1 Å². The van der Waals surface area contributed by atoms with Crippen molar-refractivity contribution in [1.82, 2.24) is 20.2 Å². The summed E-state index contributed by atoms with van der Waals surface area (Å²) in [6.07, 6.45) is 2.64. The van der Waals surface area contributed by atoms with Gasteiger partial charge in [-0.25, -0.2) is 9.37 Å². The van der Waals surface area contributed by atoms with Crippen LogP contribution in [0, 0.1) is 5.82 Å². The molecule has 0 bridgehead atoms. The summed E-state index contributed by atoms with van der Waals surface area (Å²) in [5.41, 5.74) is 0. The van der Waals surface area contributed by atoms with Crippen LogP contribution in [0.15, 0.2) is 18.5 Å². The third-order valence-corrected chi connectivity index (χ3v) is 3.51. The average molecular weight is 339 g/mol. The molecule has 2 aromatic rings. The van der Waals surface area contributed by atoms with Crippen LogP contribution in [-0.4, -0.2) is 45.5 Å². The van der Waals surface area contributed by atoms with Gasteiger partial charge in [-0.3, -0.25) is 0 Å². The fourth-order valence-electron chi connectivity index (χ4n) is 2.46. The fourth-order valence-corrected chi connectivity index (χ4v) is 2.61. The van der Waals surface area contributed by atoms with Crippen LogP contribution in [0.4, 0.5) is 22.0 Å². The van der Waals surface area contributed by atoms with E-state index in [1.807, 2.05) is 18.7 Å². The highest BCUT2D eigenvalue weighted by molar-refractivity contribution is 6.30. The molecule has 0 spiro atoms. The highest BCUT2D eigenvalue weighted by Crippen LogP contribution is 2.22. The van der Waals surface area contributed by atoms with Crippen molar-refractivity contribution in [2.75, 3.05) is 23.3 Å². The molecule has 0 aromatic carbocycles. The number of ether oxygens (including phenoxy) is 1. The molecule has 3 heterocycles. The van der Waals surface area contributed by atoms with Crippen molar-refractivity contribution in [3.05, 3.63) is 29.3 Å². The van der Waals surface area contributed by atoms with E-state index in [1.165, 1.54) is 12.3 Å². The average Bonchev–Trinajstić information content (AvgIpc) is 2.48. The summed E-state index contributed by atoms with van der Waals surface area (Å²) in [6.45, 7) is 5.25. The van der Waals surface area contributed by atoms with E-state index in [0.717, 1.165) is 6.20 Å². The topological polar surface area (TPSA) is 76.1 Å². The van der Waals surface area contributed by atoms with Gasteiger partial charge in [-0.05, 0) is 13.8 Å². The smallest absolute Gasteiger partial charge is 0.227 e. The molecule has 1 aliphatic heterocycles. The van der Waals surface area contributed by atoms with E-state index in [0.29, 0.717) is 29.9 Å². The second-order valence-electron chi connectivity index (χ2n) is 5.41. The lowest BCUT2D eigenvalue weighted by molar-refractivity contribution is -0.00572. The molecule has 1 aliphatic rings. The number of nitrogens with zero attached hydrogens (tertiary/aromatic N) is 5. The summed E-state index contributed by atoms with van der Waals surface area (Å²) < 4.78 is 19.6. The molecular weight excluding hydrogens is 323 g/mol. The Labute approximate surface area is 137 Å². The lowest BCUT2D eigenvalue weighted by Gasteiger charge is -2.35. The molecule has 9 heteroatoms. The Morgan fingerprint density at radius 1 is 1.30 bits per heavy atom. The Morgan fingerprint density at radius 2 is 2.04 bits per heavy atom. The number of hydrogen-bond donors (Lipinski definition) is 1. The van der Waals surface area contributed by atoms with E-state index in [-0.39, 0.29) is 18.0 Å². The van der Waals surface area contributed by atoms with Crippen LogP contribution < -0.4 is 10.2 Å². The maximum Gasteiger partial charge on any atom is 0.227 e. The van der Waals surface area contributed by atoms with E-state index in [4.69, 9.17) is 16.3 Å². The van der Waals surface area contributed by atoms with Gasteiger partial charge in [0.1, 0.15) is 0 Å². The quantitative estimate of drug-likeness (QED) is 0.920. The Bertz CT molecular complexity index is 693. The molecule has 0 amide bonds. The van der Waals surface area contributed by atoms with Crippen molar-refractivity contribution in [3.63, 3.8) is 0 Å². The van der Waals surface area contributed by atoms with Crippen LogP contribution >= 0.6 is 11.6 Å². The van der Waals surface area contributed by atoms with E-state index < -0.39 is 5.82 Å². The maximum absolute atomic E-state index is 14.0. The van der Waals surface area contributed by atoms with Crippen molar-refractivity contribution in [1.29, 1.82) is 0 Å². The number of rotatable bonds is 3. The summed E-state index contributed by atoms with van der Waals surface area (Å²) in [5, 5.41) is 10.7. The number of morpholine rings is 1. The highest BCUT2D eigenvalue weighted by Gasteiger charge is 2.24. The van der Waals surface area contributed by atoms with E-state index >= 15 is 0 Å². The minimum absolute atomic E-state index is 0.0263. The van der Waals surface area contributed by atoms with Crippen LogP contribution in [0.25, 0.3) is 0 Å². The van der Waals surface area contributed by atoms with Crippen LogP contribution in [0.2, 0.25) is 5.02 Å². The van der Waals surface area contributed by atoms with Gasteiger partial charge in [0.2, 0.25) is 5.95 Å². The zero-order chi connectivity index (χ0) is 16.4. The van der Waals surface area contributed by atoms with Gasteiger partial charge in [-0.1, -0.05) is 11.6 Å². The predicted octanol–water partition coefficient (Wildman–Crippen LogP) is 2.42. The molecule has 1 N–H and O–H groups in total. The molecule has 1 saturated heterocycles. The molecule has 0 aliphatic carbocycles. The first-order valence-electron chi connectivity index (χ1n) is 7.19. The first-order valence-corrected chi connectivity index (χ1v) is 7.57. The van der Waals surface area contributed by atoms with Gasteiger partial charge < -0.3 is 15.0 Å². The van der Waals surface area contributed by atoms with Crippen LogP contribution in [0.1, 0.15) is 13.8 Å². The van der Waals surface area contributed by atoms with Crippen molar-refractivity contribution >= 4 is 29.2 Å². The van der Waals surface area contributed by atoms with Gasteiger partial charge in [0, 0.05) is 19.2 Å². The summed E-state index contributed by atoms with van der Waals surface area (Å²) in [5.74, 6) is 0.193. The zero-order valence-electron chi connectivity index (χ0n) is 12.7. The highest BCUT2D eigenvalue weighted by atomic mass is 35.5. The Balaban J connectivity index is 1.84. The molecule has 2 aromatic heterocycles. The lowest BCUT2D eigenvalue weighted by Crippen LogP contribution is -2.46. The van der Waals surface area contributed by atoms with Crippen molar-refractivity contribution < 1.29 is 9.13 Å². The maximum atomic E-state index is 14.0. The normalized spacial score (nSPS) is 21.3. The molecule has 0 radical (unpaired) electrons. The summed E-state index contributed by atoms with van der Waals surface area (Å²) in [7, 11) is 0. The van der Waals surface area contributed by atoms with E-state index in [1.54, 1.807) is 0 Å². The van der Waals surface area contributed by atoms with Crippen molar-refractivity contribution in [3.8, 4) is 0 Å². The third kappa shape index (κ3) is 3.83. The number of aromatic nitrogens is 4. The molecular formula is C14H16ClFN6O. The van der Waals surface area contributed by atoms with Crippen molar-refractivity contribution in [2.24, 2.45) is 0 Å². The van der Waals surface area contributed by atoms with Gasteiger partial charge in [0.05, 0.1) is 29.6 Å². The van der Waals surface area contributed by atoms with Crippen LogP contribution in [0.5, 0.6) is 0 Å². The van der Waals surface area contributed by atoms with Gasteiger partial charge in [0.15, 0.2) is 17.5 Å². The first-order chi connectivity index (χ1) is 11.0. The van der Waals surface area contributed by atoms with E-state index in [9.17, 15) is 4.39 Å².